The standard InChI is InChI=1S/C15H14O5/c1-10(16)8-11-2-4-12(5-3-11)19-9-13-6-7-14(20-13)15(17)18/h2-7H,8-9H2,1H3,(H,17,18). The summed E-state index contributed by atoms with van der Waals surface area (Å²) in [6, 6.07) is 10.1. The predicted molar refractivity (Wildman–Crippen MR) is 70.8 cm³/mol. The van der Waals surface area contributed by atoms with Crippen LogP contribution in [-0.2, 0) is 17.8 Å². The summed E-state index contributed by atoms with van der Waals surface area (Å²) in [5.41, 5.74) is 0.927. The van der Waals surface area contributed by atoms with Gasteiger partial charge in [0.05, 0.1) is 0 Å². The number of benzene rings is 1. The highest BCUT2D eigenvalue weighted by molar-refractivity contribution is 5.84. The van der Waals surface area contributed by atoms with Gasteiger partial charge in [0.1, 0.15) is 23.9 Å². The molecule has 0 radical (unpaired) electrons. The van der Waals surface area contributed by atoms with Crippen molar-refractivity contribution < 1.29 is 23.8 Å². The van der Waals surface area contributed by atoms with Crippen LogP contribution in [0.15, 0.2) is 40.8 Å². The second kappa shape index (κ2) is 6.06. The van der Waals surface area contributed by atoms with Gasteiger partial charge in [-0.05, 0) is 36.8 Å². The number of ketones is 1. The molecule has 104 valence electrons. The van der Waals surface area contributed by atoms with Crippen molar-refractivity contribution in [3.05, 3.63) is 53.5 Å². The molecule has 5 nitrogen and oxygen atoms in total. The predicted octanol–water partition coefficient (Wildman–Crippen LogP) is 2.69. The normalized spacial score (nSPS) is 10.2. The van der Waals surface area contributed by atoms with Crippen molar-refractivity contribution >= 4 is 11.8 Å². The number of furan rings is 1. The largest absolute Gasteiger partial charge is 0.486 e. The van der Waals surface area contributed by atoms with Crippen LogP contribution in [-0.4, -0.2) is 16.9 Å². The minimum Gasteiger partial charge on any atom is -0.486 e. The number of rotatable bonds is 6. The lowest BCUT2D eigenvalue weighted by Gasteiger charge is -2.05. The highest BCUT2D eigenvalue weighted by Crippen LogP contribution is 2.16. The molecule has 0 atom stereocenters. The van der Waals surface area contributed by atoms with Gasteiger partial charge >= 0.3 is 5.97 Å². The Morgan fingerprint density at radius 2 is 1.85 bits per heavy atom. The fourth-order valence-corrected chi connectivity index (χ4v) is 1.72. The molecule has 5 heteroatoms. The van der Waals surface area contributed by atoms with Gasteiger partial charge in [0, 0.05) is 6.42 Å². The zero-order chi connectivity index (χ0) is 14.5. The number of Topliss-reactive ketones (excluding diaryl/α,β-unsaturated/α-hetero) is 1. The van der Waals surface area contributed by atoms with Gasteiger partial charge in [-0.3, -0.25) is 4.79 Å². The maximum absolute atomic E-state index is 11.0. The van der Waals surface area contributed by atoms with Gasteiger partial charge in [0.15, 0.2) is 0 Å². The Balaban J connectivity index is 1.93. The van der Waals surface area contributed by atoms with E-state index in [0.717, 1.165) is 5.56 Å². The third-order valence-corrected chi connectivity index (χ3v) is 2.63. The Kier molecular flexibility index (Phi) is 4.20. The van der Waals surface area contributed by atoms with Crippen LogP contribution in [0, 0.1) is 0 Å². The highest BCUT2D eigenvalue weighted by atomic mass is 16.5. The third-order valence-electron chi connectivity index (χ3n) is 2.63. The molecule has 1 N–H and O–H groups in total. The summed E-state index contributed by atoms with van der Waals surface area (Å²) < 4.78 is 10.5. The molecule has 0 amide bonds. The minimum absolute atomic E-state index is 0.107. The molecule has 0 unspecified atom stereocenters. The number of carboxylic acid groups (broad SMARTS) is 1. The van der Waals surface area contributed by atoms with E-state index in [1.807, 2.05) is 12.1 Å². The zero-order valence-corrected chi connectivity index (χ0v) is 11.0. The number of hydrogen-bond donors (Lipinski definition) is 1. The first-order chi connectivity index (χ1) is 9.54. The minimum atomic E-state index is -1.11. The summed E-state index contributed by atoms with van der Waals surface area (Å²) in [6.07, 6.45) is 0.403. The fraction of sp³-hybridized carbons (Fsp3) is 0.200. The molecule has 0 saturated carbocycles. The number of carbonyl (C=O) groups is 2. The molecule has 0 aliphatic rings. The van der Waals surface area contributed by atoms with Gasteiger partial charge in [0.25, 0.3) is 0 Å². The molecule has 2 rings (SSSR count). The molecule has 1 heterocycles. The first-order valence-electron chi connectivity index (χ1n) is 6.08. The molecular weight excluding hydrogens is 260 g/mol. The molecule has 0 bridgehead atoms. The maximum Gasteiger partial charge on any atom is 0.371 e. The van der Waals surface area contributed by atoms with E-state index < -0.39 is 5.97 Å². The van der Waals surface area contributed by atoms with Crippen molar-refractivity contribution in [2.75, 3.05) is 0 Å². The molecule has 1 aromatic carbocycles. The second-order valence-corrected chi connectivity index (χ2v) is 4.38. The quantitative estimate of drug-likeness (QED) is 0.876. The molecular formula is C15H14O5. The van der Waals surface area contributed by atoms with Gasteiger partial charge < -0.3 is 14.3 Å². The van der Waals surface area contributed by atoms with Crippen LogP contribution in [0.2, 0.25) is 0 Å². The second-order valence-electron chi connectivity index (χ2n) is 4.38. The van der Waals surface area contributed by atoms with E-state index >= 15 is 0 Å². The van der Waals surface area contributed by atoms with Crippen LogP contribution < -0.4 is 4.74 Å². The monoisotopic (exact) mass is 274 g/mol. The van der Waals surface area contributed by atoms with Gasteiger partial charge in [-0.1, -0.05) is 12.1 Å². The summed E-state index contributed by atoms with van der Waals surface area (Å²) in [5, 5.41) is 8.72. The van der Waals surface area contributed by atoms with Crippen LogP contribution in [0.4, 0.5) is 0 Å². The van der Waals surface area contributed by atoms with E-state index in [2.05, 4.69) is 0 Å². The molecule has 0 aliphatic heterocycles. The first-order valence-corrected chi connectivity index (χ1v) is 6.08. The van der Waals surface area contributed by atoms with Crippen LogP contribution in [0.25, 0.3) is 0 Å². The fourth-order valence-electron chi connectivity index (χ4n) is 1.72. The molecule has 0 fully saturated rings. The third kappa shape index (κ3) is 3.71. The van der Waals surface area contributed by atoms with Crippen molar-refractivity contribution in [3.8, 4) is 5.75 Å². The van der Waals surface area contributed by atoms with E-state index in [1.165, 1.54) is 6.07 Å². The van der Waals surface area contributed by atoms with Gasteiger partial charge in [-0.15, -0.1) is 0 Å². The van der Waals surface area contributed by atoms with Gasteiger partial charge in [0.2, 0.25) is 5.76 Å². The number of carbonyl (C=O) groups excluding carboxylic acids is 1. The zero-order valence-electron chi connectivity index (χ0n) is 11.0. The SMILES string of the molecule is CC(=O)Cc1ccc(OCc2ccc(C(=O)O)o2)cc1. The van der Waals surface area contributed by atoms with Crippen LogP contribution in [0.1, 0.15) is 28.8 Å². The molecule has 1 aromatic heterocycles. The Morgan fingerprint density at radius 3 is 2.40 bits per heavy atom. The Bertz CT molecular complexity index is 609. The lowest BCUT2D eigenvalue weighted by atomic mass is 10.1. The summed E-state index contributed by atoms with van der Waals surface area (Å²) in [6.45, 7) is 1.70. The summed E-state index contributed by atoms with van der Waals surface area (Å²) >= 11 is 0. The van der Waals surface area contributed by atoms with E-state index in [0.29, 0.717) is 17.9 Å². The summed E-state index contributed by atoms with van der Waals surface area (Å²) in [4.78, 5) is 21.6. The number of carboxylic acids is 1. The molecule has 0 saturated heterocycles. The number of ether oxygens (including phenoxy) is 1. The van der Waals surface area contributed by atoms with E-state index in [4.69, 9.17) is 14.3 Å². The average molecular weight is 274 g/mol. The average Bonchev–Trinajstić information content (AvgIpc) is 2.86. The van der Waals surface area contributed by atoms with Crippen LogP contribution in [0.3, 0.4) is 0 Å². The van der Waals surface area contributed by atoms with Crippen molar-refractivity contribution in [2.45, 2.75) is 20.0 Å². The van der Waals surface area contributed by atoms with E-state index in [1.54, 1.807) is 25.1 Å². The lowest BCUT2D eigenvalue weighted by Crippen LogP contribution is -1.97. The first kappa shape index (κ1) is 13.9. The van der Waals surface area contributed by atoms with Crippen molar-refractivity contribution in [1.29, 1.82) is 0 Å². The van der Waals surface area contributed by atoms with Crippen LogP contribution >= 0.6 is 0 Å². The van der Waals surface area contributed by atoms with E-state index in [-0.39, 0.29) is 18.2 Å². The highest BCUT2D eigenvalue weighted by Gasteiger charge is 2.09. The Hall–Kier alpha value is -2.56. The summed E-state index contributed by atoms with van der Waals surface area (Å²) in [7, 11) is 0. The molecule has 0 spiro atoms. The molecule has 20 heavy (non-hydrogen) atoms. The van der Waals surface area contributed by atoms with Crippen molar-refractivity contribution in [1.82, 2.24) is 0 Å². The summed E-state index contributed by atoms with van der Waals surface area (Å²) in [5.74, 6) is -0.0403. The van der Waals surface area contributed by atoms with Gasteiger partial charge in [-0.25, -0.2) is 4.79 Å². The Morgan fingerprint density at radius 1 is 1.15 bits per heavy atom. The topological polar surface area (TPSA) is 76.7 Å². The van der Waals surface area contributed by atoms with Crippen LogP contribution in [0.5, 0.6) is 5.75 Å². The lowest BCUT2D eigenvalue weighted by molar-refractivity contribution is -0.116. The van der Waals surface area contributed by atoms with Gasteiger partial charge in [-0.2, -0.15) is 0 Å². The number of hydrogen-bond acceptors (Lipinski definition) is 4. The maximum atomic E-state index is 11.0. The number of aromatic carboxylic acids is 1. The molecule has 0 aliphatic carbocycles. The Labute approximate surface area is 115 Å². The molecule has 2 aromatic rings. The smallest absolute Gasteiger partial charge is 0.371 e. The van der Waals surface area contributed by atoms with E-state index in [9.17, 15) is 9.59 Å². The van der Waals surface area contributed by atoms with Crippen molar-refractivity contribution in [2.24, 2.45) is 0 Å². The van der Waals surface area contributed by atoms with Crippen molar-refractivity contribution in [3.63, 3.8) is 0 Å².